The van der Waals surface area contributed by atoms with Crippen molar-refractivity contribution in [2.45, 2.75) is 39.2 Å². The minimum Gasteiger partial charge on any atom is -0.299 e. The molecule has 0 saturated carbocycles. The molecule has 1 nitrogen and oxygen atoms in total. The van der Waals surface area contributed by atoms with Crippen molar-refractivity contribution in [1.82, 2.24) is 4.90 Å². The summed E-state index contributed by atoms with van der Waals surface area (Å²) in [6, 6.07) is 0.601. The highest BCUT2D eigenvalue weighted by Crippen LogP contribution is 2.41. The van der Waals surface area contributed by atoms with E-state index in [1.165, 1.54) is 12.0 Å². The molecule has 2 atom stereocenters. The Kier molecular flexibility index (Phi) is 3.82. The maximum Gasteiger partial charge on any atom is 0.101 e. The number of fused-ring (bicyclic) bond motifs is 2. The van der Waals surface area contributed by atoms with E-state index in [9.17, 15) is 4.39 Å². The van der Waals surface area contributed by atoms with Gasteiger partial charge in [-0.25, -0.2) is 4.39 Å². The first-order valence-electron chi connectivity index (χ1n) is 6.72. The molecule has 94 valence electrons. The fourth-order valence-corrected chi connectivity index (χ4v) is 2.99. The van der Waals surface area contributed by atoms with Crippen molar-refractivity contribution in [3.8, 4) is 0 Å². The molecule has 1 saturated heterocycles. The molecule has 17 heavy (non-hydrogen) atoms. The van der Waals surface area contributed by atoms with Crippen molar-refractivity contribution in [1.29, 1.82) is 0 Å². The molecule has 2 heteroatoms. The summed E-state index contributed by atoms with van der Waals surface area (Å²) in [6.07, 6.45) is 8.94. The fourth-order valence-electron chi connectivity index (χ4n) is 2.99. The third-order valence-electron chi connectivity index (χ3n) is 3.81. The van der Waals surface area contributed by atoms with Crippen molar-refractivity contribution < 1.29 is 4.39 Å². The maximum atomic E-state index is 13.2. The van der Waals surface area contributed by atoms with Gasteiger partial charge in [0.2, 0.25) is 0 Å². The van der Waals surface area contributed by atoms with Crippen LogP contribution >= 0.6 is 0 Å². The van der Waals surface area contributed by atoms with E-state index in [1.54, 1.807) is 6.08 Å². The lowest BCUT2D eigenvalue weighted by atomic mass is 9.91. The van der Waals surface area contributed by atoms with E-state index in [0.717, 1.165) is 18.5 Å². The number of allylic oxidation sites excluding steroid dienone is 4. The minimum atomic E-state index is 0.0459. The van der Waals surface area contributed by atoms with Gasteiger partial charge in [0.15, 0.2) is 0 Å². The third kappa shape index (κ3) is 2.37. The fraction of sp³-hybridized carbons (Fsp3) is 0.600. The van der Waals surface area contributed by atoms with Gasteiger partial charge in [-0.15, -0.1) is 0 Å². The highest BCUT2D eigenvalue weighted by atomic mass is 19.1. The summed E-state index contributed by atoms with van der Waals surface area (Å²) in [5.41, 5.74) is 2.55. The topological polar surface area (TPSA) is 3.24 Å². The third-order valence-corrected chi connectivity index (χ3v) is 3.81. The van der Waals surface area contributed by atoms with E-state index >= 15 is 0 Å². The van der Waals surface area contributed by atoms with E-state index < -0.39 is 0 Å². The molecular weight excluding hydrogens is 213 g/mol. The molecule has 2 aliphatic carbocycles. The highest BCUT2D eigenvalue weighted by molar-refractivity contribution is 5.47. The van der Waals surface area contributed by atoms with Gasteiger partial charge in [0.05, 0.1) is 0 Å². The Bertz CT molecular complexity index is 378. The summed E-state index contributed by atoms with van der Waals surface area (Å²) < 4.78 is 13.2. The smallest absolute Gasteiger partial charge is 0.101 e. The summed E-state index contributed by atoms with van der Waals surface area (Å²) in [5, 5.41) is 0. The molecule has 1 unspecified atom stereocenters. The van der Waals surface area contributed by atoms with E-state index in [1.807, 2.05) is 13.8 Å². The van der Waals surface area contributed by atoms with E-state index in [2.05, 4.69) is 24.1 Å². The van der Waals surface area contributed by atoms with Crippen LogP contribution in [0.4, 0.5) is 4.39 Å². The molecule has 0 spiro atoms. The minimum absolute atomic E-state index is 0.0459. The zero-order valence-electron chi connectivity index (χ0n) is 11.0. The van der Waals surface area contributed by atoms with Gasteiger partial charge in [0.1, 0.15) is 5.83 Å². The predicted molar refractivity (Wildman–Crippen MR) is 70.5 cm³/mol. The normalized spacial score (nSPS) is 31.4. The first-order chi connectivity index (χ1) is 8.24. The molecular formula is C15H22FN. The van der Waals surface area contributed by atoms with Crippen LogP contribution in [0.1, 0.15) is 33.1 Å². The van der Waals surface area contributed by atoms with Gasteiger partial charge in [0, 0.05) is 19.0 Å². The average Bonchev–Trinajstić information content (AvgIpc) is 2.90. The molecule has 1 heterocycles. The van der Waals surface area contributed by atoms with Gasteiger partial charge in [-0.2, -0.15) is 0 Å². The molecule has 0 amide bonds. The number of likely N-dealkylation sites (tertiary alicyclic amines) is 1. The molecule has 1 fully saturated rings. The van der Waals surface area contributed by atoms with E-state index in [4.69, 9.17) is 0 Å². The van der Waals surface area contributed by atoms with Gasteiger partial charge in [-0.05, 0) is 43.0 Å². The Hall–Kier alpha value is -0.890. The van der Waals surface area contributed by atoms with Crippen LogP contribution in [0.15, 0.2) is 35.2 Å². The molecule has 0 N–H and O–H groups in total. The second-order valence-electron chi connectivity index (χ2n) is 4.85. The maximum absolute atomic E-state index is 13.2. The van der Waals surface area contributed by atoms with Crippen molar-refractivity contribution in [3.05, 3.63) is 35.2 Å². The number of hydrogen-bond donors (Lipinski definition) is 0. The Morgan fingerprint density at radius 1 is 1.35 bits per heavy atom. The van der Waals surface area contributed by atoms with Crippen molar-refractivity contribution >= 4 is 0 Å². The number of hydrogen-bond acceptors (Lipinski definition) is 1. The van der Waals surface area contributed by atoms with Gasteiger partial charge >= 0.3 is 0 Å². The van der Waals surface area contributed by atoms with Crippen molar-refractivity contribution in [2.75, 3.05) is 13.6 Å². The lowest BCUT2D eigenvalue weighted by Gasteiger charge is -2.23. The molecule has 1 aliphatic heterocycles. The van der Waals surface area contributed by atoms with E-state index in [0.29, 0.717) is 18.4 Å². The van der Waals surface area contributed by atoms with Crippen LogP contribution in [0.3, 0.4) is 0 Å². The zero-order chi connectivity index (χ0) is 12.4. The van der Waals surface area contributed by atoms with Gasteiger partial charge in [-0.3, -0.25) is 4.90 Å². The predicted octanol–water partition coefficient (Wildman–Crippen LogP) is 3.85. The zero-order valence-corrected chi connectivity index (χ0v) is 11.0. The monoisotopic (exact) mass is 235 g/mol. The number of likely N-dealkylation sites (N-methyl/N-ethyl adjacent to an activating group) is 1. The quantitative estimate of drug-likeness (QED) is 0.667. The molecule has 0 aromatic carbocycles. The van der Waals surface area contributed by atoms with Crippen LogP contribution in [0, 0.1) is 5.92 Å². The van der Waals surface area contributed by atoms with Crippen LogP contribution in [0.25, 0.3) is 0 Å². The van der Waals surface area contributed by atoms with Gasteiger partial charge < -0.3 is 0 Å². The molecule has 3 aliphatic rings. The summed E-state index contributed by atoms with van der Waals surface area (Å²) >= 11 is 0. The summed E-state index contributed by atoms with van der Waals surface area (Å²) in [7, 11) is 2.17. The van der Waals surface area contributed by atoms with Gasteiger partial charge in [-0.1, -0.05) is 26.0 Å². The SMILES string of the molecule is CC.CN1C[C@H]2CC1C=C2C1=CCCC(F)=C1. The van der Waals surface area contributed by atoms with E-state index in [-0.39, 0.29) is 5.83 Å². The van der Waals surface area contributed by atoms with Crippen LogP contribution in [-0.2, 0) is 0 Å². The standard InChI is InChI=1S/C13H16FN.C2H6/c1-15-8-10-6-12(15)7-13(10)9-3-2-4-11(14)5-9;1-2/h3,5,7,10,12H,2,4,6,8H2,1H3;1-2H3/t10-,12?;/m1./s1. The number of rotatable bonds is 1. The second kappa shape index (κ2) is 5.18. The first-order valence-corrected chi connectivity index (χ1v) is 6.72. The second-order valence-corrected chi connectivity index (χ2v) is 4.85. The lowest BCUT2D eigenvalue weighted by molar-refractivity contribution is 0.341. The Morgan fingerprint density at radius 3 is 2.65 bits per heavy atom. The van der Waals surface area contributed by atoms with Crippen LogP contribution in [-0.4, -0.2) is 24.5 Å². The Morgan fingerprint density at radius 2 is 2.12 bits per heavy atom. The number of halogens is 1. The van der Waals surface area contributed by atoms with Gasteiger partial charge in [0.25, 0.3) is 0 Å². The Labute approximate surface area is 104 Å². The van der Waals surface area contributed by atoms with Crippen molar-refractivity contribution in [3.63, 3.8) is 0 Å². The number of nitrogens with zero attached hydrogens (tertiary/aromatic N) is 1. The Balaban J connectivity index is 0.000000514. The van der Waals surface area contributed by atoms with Crippen LogP contribution < -0.4 is 0 Å². The molecule has 0 aromatic rings. The van der Waals surface area contributed by atoms with Crippen molar-refractivity contribution in [2.24, 2.45) is 5.92 Å². The molecule has 2 bridgehead atoms. The molecule has 0 radical (unpaired) electrons. The summed E-state index contributed by atoms with van der Waals surface area (Å²) in [5.74, 6) is 0.693. The largest absolute Gasteiger partial charge is 0.299 e. The molecule has 3 rings (SSSR count). The first kappa shape index (κ1) is 12.6. The summed E-state index contributed by atoms with van der Waals surface area (Å²) in [4.78, 5) is 2.39. The van der Waals surface area contributed by atoms with Crippen LogP contribution in [0.5, 0.6) is 0 Å². The average molecular weight is 235 g/mol. The highest BCUT2D eigenvalue weighted by Gasteiger charge is 2.37. The van der Waals surface area contributed by atoms with Crippen LogP contribution in [0.2, 0.25) is 0 Å². The molecule has 0 aromatic heterocycles. The summed E-state index contributed by atoms with van der Waals surface area (Å²) in [6.45, 7) is 5.14. The lowest BCUT2D eigenvalue weighted by Crippen LogP contribution is -2.26.